The predicted molar refractivity (Wildman–Crippen MR) is 71.7 cm³/mol. The molecule has 0 bridgehead atoms. The quantitative estimate of drug-likeness (QED) is 0.265. The maximum Gasteiger partial charge on any atom is 1.00 e. The first-order chi connectivity index (χ1) is 9.09. The van der Waals surface area contributed by atoms with Gasteiger partial charge in [-0.05, 0) is 44.5 Å². The molecule has 1 aromatic carbocycles. The SMILES string of the molecule is CC(C)(O)C(=O)c1ccc(OCCCS(=O)(=O)[O-])cc1.[K+]. The first-order valence-electron chi connectivity index (χ1n) is 6.03. The van der Waals surface area contributed by atoms with Crippen LogP contribution in [0.25, 0.3) is 0 Å². The van der Waals surface area contributed by atoms with E-state index in [0.29, 0.717) is 11.3 Å². The predicted octanol–water partition coefficient (Wildman–Crippen LogP) is -2.04. The van der Waals surface area contributed by atoms with E-state index in [-0.39, 0.29) is 64.4 Å². The Labute approximate surface area is 167 Å². The smallest absolute Gasteiger partial charge is 0.748 e. The Morgan fingerprint density at radius 2 is 1.81 bits per heavy atom. The van der Waals surface area contributed by atoms with E-state index < -0.39 is 27.3 Å². The Kier molecular flexibility index (Phi) is 8.81. The molecule has 0 saturated carbocycles. The Morgan fingerprint density at radius 1 is 1.29 bits per heavy atom. The number of carbonyl (C=O) groups excluding carboxylic acids is 1. The zero-order valence-electron chi connectivity index (χ0n) is 12.3. The van der Waals surface area contributed by atoms with Gasteiger partial charge in [-0.1, -0.05) is 0 Å². The van der Waals surface area contributed by atoms with Gasteiger partial charge >= 0.3 is 51.4 Å². The van der Waals surface area contributed by atoms with E-state index in [4.69, 9.17) is 4.74 Å². The van der Waals surface area contributed by atoms with Crippen LogP contribution >= 0.6 is 0 Å². The first kappa shape index (κ1) is 21.2. The number of rotatable bonds is 7. The molecule has 0 saturated heterocycles. The minimum Gasteiger partial charge on any atom is -0.748 e. The Bertz CT molecular complexity index is 559. The van der Waals surface area contributed by atoms with Crippen molar-refractivity contribution < 1.29 is 79.0 Å². The molecule has 0 fully saturated rings. The molecule has 0 amide bonds. The first-order valence-corrected chi connectivity index (χ1v) is 7.61. The normalized spacial score (nSPS) is 11.6. The largest absolute Gasteiger partial charge is 1.00 e. The molecule has 0 heterocycles. The average Bonchev–Trinajstić information content (AvgIpc) is 2.32. The molecule has 1 rings (SSSR count). The van der Waals surface area contributed by atoms with Gasteiger partial charge in [-0.3, -0.25) is 4.79 Å². The molecule has 0 aromatic heterocycles. The second-order valence-electron chi connectivity index (χ2n) is 4.88. The standard InChI is InChI=1S/C13H18O6S.K/c1-13(2,15)12(14)10-4-6-11(7-5-10)19-8-3-9-20(16,17)18;/h4-7,15H,3,8-9H2,1-2H3,(H,16,17,18);/q;+1/p-1. The zero-order valence-corrected chi connectivity index (χ0v) is 16.3. The summed E-state index contributed by atoms with van der Waals surface area (Å²) in [5.74, 6) is -0.412. The third-order valence-corrected chi connectivity index (χ3v) is 3.27. The number of Topliss-reactive ketones (excluding diaryl/α,β-unsaturated/α-hetero) is 1. The van der Waals surface area contributed by atoms with Crippen LogP contribution in [0.4, 0.5) is 0 Å². The minimum atomic E-state index is -4.22. The van der Waals surface area contributed by atoms with Gasteiger partial charge in [0.2, 0.25) is 0 Å². The number of ketones is 1. The van der Waals surface area contributed by atoms with Gasteiger partial charge in [-0.2, -0.15) is 0 Å². The van der Waals surface area contributed by atoms with Gasteiger partial charge in [-0.15, -0.1) is 0 Å². The van der Waals surface area contributed by atoms with E-state index in [0.717, 1.165) is 0 Å². The maximum absolute atomic E-state index is 11.8. The number of carbonyl (C=O) groups is 1. The maximum atomic E-state index is 11.8. The fourth-order valence-corrected chi connectivity index (χ4v) is 1.95. The van der Waals surface area contributed by atoms with E-state index in [1.54, 1.807) is 12.1 Å². The minimum absolute atomic E-state index is 0. The molecule has 0 radical (unpaired) electrons. The van der Waals surface area contributed by atoms with Crippen LogP contribution in [0.15, 0.2) is 24.3 Å². The van der Waals surface area contributed by atoms with Crippen LogP contribution in [0, 0.1) is 0 Å². The third-order valence-electron chi connectivity index (χ3n) is 2.48. The van der Waals surface area contributed by atoms with Gasteiger partial charge in [0.25, 0.3) is 0 Å². The van der Waals surface area contributed by atoms with Crippen molar-refractivity contribution in [2.75, 3.05) is 12.4 Å². The average molecular weight is 340 g/mol. The van der Waals surface area contributed by atoms with Crippen molar-refractivity contribution in [1.29, 1.82) is 0 Å². The summed E-state index contributed by atoms with van der Waals surface area (Å²) in [5.41, 5.74) is -1.09. The summed E-state index contributed by atoms with van der Waals surface area (Å²) in [6.07, 6.45) is 0.107. The van der Waals surface area contributed by atoms with Gasteiger partial charge in [-0.25, -0.2) is 8.42 Å². The van der Waals surface area contributed by atoms with E-state index in [1.165, 1.54) is 26.0 Å². The Balaban J connectivity index is 0.00000400. The molecular formula is C13H17KO6S. The zero-order chi connectivity index (χ0) is 15.4. The molecule has 21 heavy (non-hydrogen) atoms. The van der Waals surface area contributed by atoms with Crippen molar-refractivity contribution in [3.05, 3.63) is 29.8 Å². The summed E-state index contributed by atoms with van der Waals surface area (Å²) in [6, 6.07) is 6.12. The molecule has 0 aliphatic carbocycles. The van der Waals surface area contributed by atoms with Crippen LogP contribution in [0.1, 0.15) is 30.6 Å². The van der Waals surface area contributed by atoms with Crippen molar-refractivity contribution in [1.82, 2.24) is 0 Å². The second-order valence-corrected chi connectivity index (χ2v) is 6.40. The van der Waals surface area contributed by atoms with Crippen molar-refractivity contribution in [3.63, 3.8) is 0 Å². The molecule has 1 aromatic rings. The number of hydrogen-bond acceptors (Lipinski definition) is 6. The monoisotopic (exact) mass is 340 g/mol. The van der Waals surface area contributed by atoms with Gasteiger partial charge in [0.05, 0.1) is 16.7 Å². The van der Waals surface area contributed by atoms with Crippen LogP contribution in [-0.2, 0) is 10.1 Å². The molecule has 112 valence electrons. The van der Waals surface area contributed by atoms with Crippen LogP contribution in [0.2, 0.25) is 0 Å². The molecule has 6 nitrogen and oxygen atoms in total. The summed E-state index contributed by atoms with van der Waals surface area (Å²) in [7, 11) is -4.22. The molecule has 1 N–H and O–H groups in total. The van der Waals surface area contributed by atoms with E-state index in [9.17, 15) is 22.9 Å². The molecule has 8 heteroatoms. The van der Waals surface area contributed by atoms with Crippen LogP contribution < -0.4 is 56.1 Å². The van der Waals surface area contributed by atoms with Gasteiger partial charge in [0.1, 0.15) is 11.4 Å². The van der Waals surface area contributed by atoms with Crippen LogP contribution in [0.5, 0.6) is 5.75 Å². The molecule has 0 aliphatic heterocycles. The number of aliphatic hydroxyl groups is 1. The molecule has 0 aliphatic rings. The molecular weight excluding hydrogens is 323 g/mol. The third kappa shape index (κ3) is 8.41. The van der Waals surface area contributed by atoms with Gasteiger partial charge in [0.15, 0.2) is 5.78 Å². The van der Waals surface area contributed by atoms with Crippen LogP contribution in [-0.4, -0.2) is 41.8 Å². The molecule has 0 unspecified atom stereocenters. The summed E-state index contributed by atoms with van der Waals surface area (Å²) < 4.78 is 36.4. The molecule has 0 spiro atoms. The number of ether oxygens (including phenoxy) is 1. The van der Waals surface area contributed by atoms with Crippen LogP contribution in [0.3, 0.4) is 0 Å². The van der Waals surface area contributed by atoms with E-state index in [1.807, 2.05) is 0 Å². The number of benzene rings is 1. The van der Waals surface area contributed by atoms with E-state index in [2.05, 4.69) is 0 Å². The van der Waals surface area contributed by atoms with Crippen molar-refractivity contribution >= 4 is 15.9 Å². The Hall–Kier alpha value is 0.196. The summed E-state index contributed by atoms with van der Waals surface area (Å²) >= 11 is 0. The van der Waals surface area contributed by atoms with Gasteiger partial charge < -0.3 is 14.4 Å². The summed E-state index contributed by atoms with van der Waals surface area (Å²) in [6.45, 7) is 2.91. The fraction of sp³-hybridized carbons (Fsp3) is 0.462. The summed E-state index contributed by atoms with van der Waals surface area (Å²) in [5, 5.41) is 9.59. The second kappa shape index (κ2) is 8.73. The van der Waals surface area contributed by atoms with Crippen molar-refractivity contribution in [2.45, 2.75) is 25.9 Å². The van der Waals surface area contributed by atoms with Crippen molar-refractivity contribution in [2.24, 2.45) is 0 Å². The van der Waals surface area contributed by atoms with Gasteiger partial charge in [0, 0.05) is 11.3 Å². The van der Waals surface area contributed by atoms with Crippen molar-refractivity contribution in [3.8, 4) is 5.75 Å². The Morgan fingerprint density at radius 3 is 2.24 bits per heavy atom. The molecule has 0 atom stereocenters. The topological polar surface area (TPSA) is 104 Å². The fourth-order valence-electron chi connectivity index (χ4n) is 1.48. The number of hydrogen-bond donors (Lipinski definition) is 1. The summed E-state index contributed by atoms with van der Waals surface area (Å²) in [4.78, 5) is 11.8. The van der Waals surface area contributed by atoms with E-state index >= 15 is 0 Å².